The number of nitrogens with zero attached hydrogens (tertiary/aromatic N) is 1. The van der Waals surface area contributed by atoms with Crippen molar-refractivity contribution in [1.82, 2.24) is 4.90 Å². The van der Waals surface area contributed by atoms with Crippen LogP contribution in [0, 0.1) is 0 Å². The Morgan fingerprint density at radius 2 is 1.78 bits per heavy atom. The van der Waals surface area contributed by atoms with Gasteiger partial charge in [0.05, 0.1) is 43.6 Å². The van der Waals surface area contributed by atoms with Crippen LogP contribution in [0.1, 0.15) is 51.3 Å². The Hall–Kier alpha value is -3.52. The number of carbonyl (C=O) groups is 2. The molecule has 1 heterocycles. The number of hydrogen-bond acceptors (Lipinski definition) is 7. The van der Waals surface area contributed by atoms with Crippen LogP contribution in [0.4, 0.5) is 0 Å². The zero-order valence-electron chi connectivity index (χ0n) is 21.6. The molecular formula is C28H35NO7. The lowest BCUT2D eigenvalue weighted by Gasteiger charge is -2.26. The molecule has 1 amide bonds. The van der Waals surface area contributed by atoms with E-state index in [1.807, 2.05) is 33.8 Å². The average Bonchev–Trinajstić information content (AvgIpc) is 3.11. The monoisotopic (exact) mass is 497 g/mol. The van der Waals surface area contributed by atoms with Gasteiger partial charge in [-0.3, -0.25) is 9.59 Å². The van der Waals surface area contributed by atoms with Crippen LogP contribution in [0.3, 0.4) is 0 Å². The second-order valence-electron chi connectivity index (χ2n) is 8.57. The number of amides is 1. The molecular weight excluding hydrogens is 462 g/mol. The Bertz CT molecular complexity index is 1110. The van der Waals surface area contributed by atoms with Gasteiger partial charge in [-0.05, 0) is 63.9 Å². The van der Waals surface area contributed by atoms with E-state index in [0.29, 0.717) is 54.6 Å². The summed E-state index contributed by atoms with van der Waals surface area (Å²) in [5.41, 5.74) is 0.973. The van der Waals surface area contributed by atoms with E-state index in [0.717, 1.165) is 0 Å². The van der Waals surface area contributed by atoms with Gasteiger partial charge in [-0.15, -0.1) is 0 Å². The van der Waals surface area contributed by atoms with Crippen molar-refractivity contribution in [2.75, 3.05) is 33.5 Å². The summed E-state index contributed by atoms with van der Waals surface area (Å²) in [7, 11) is 1.55. The van der Waals surface area contributed by atoms with E-state index >= 15 is 0 Å². The van der Waals surface area contributed by atoms with Crippen molar-refractivity contribution >= 4 is 17.4 Å². The number of Topliss-reactive ketones (excluding diaryl/α,β-unsaturated/α-hetero) is 1. The number of aliphatic hydroxyl groups excluding tert-OH is 1. The van der Waals surface area contributed by atoms with Crippen molar-refractivity contribution < 1.29 is 33.6 Å². The summed E-state index contributed by atoms with van der Waals surface area (Å²) in [5, 5.41) is 11.5. The van der Waals surface area contributed by atoms with Crippen molar-refractivity contribution in [3.05, 3.63) is 59.2 Å². The number of benzene rings is 2. The van der Waals surface area contributed by atoms with Crippen LogP contribution in [0.2, 0.25) is 0 Å². The summed E-state index contributed by atoms with van der Waals surface area (Å²) in [6.45, 7) is 9.13. The molecule has 1 aliphatic heterocycles. The van der Waals surface area contributed by atoms with Gasteiger partial charge in [0.2, 0.25) is 0 Å². The first-order valence-corrected chi connectivity index (χ1v) is 12.3. The molecule has 0 spiro atoms. The third-order valence-corrected chi connectivity index (χ3v) is 5.76. The molecule has 0 aliphatic carbocycles. The van der Waals surface area contributed by atoms with Crippen molar-refractivity contribution in [2.24, 2.45) is 0 Å². The Balaban J connectivity index is 2.11. The molecule has 2 aromatic carbocycles. The fourth-order valence-electron chi connectivity index (χ4n) is 4.20. The van der Waals surface area contributed by atoms with Crippen LogP contribution in [-0.4, -0.2) is 61.3 Å². The Kier molecular flexibility index (Phi) is 9.36. The van der Waals surface area contributed by atoms with Crippen molar-refractivity contribution in [1.29, 1.82) is 0 Å². The number of ether oxygens (including phenoxy) is 4. The maximum Gasteiger partial charge on any atom is 0.295 e. The van der Waals surface area contributed by atoms with E-state index in [4.69, 9.17) is 18.9 Å². The summed E-state index contributed by atoms with van der Waals surface area (Å²) < 4.78 is 22.3. The van der Waals surface area contributed by atoms with Crippen LogP contribution in [-0.2, 0) is 14.3 Å². The van der Waals surface area contributed by atoms with E-state index < -0.39 is 17.7 Å². The molecule has 2 aromatic rings. The first-order chi connectivity index (χ1) is 17.3. The van der Waals surface area contributed by atoms with Crippen LogP contribution >= 0.6 is 0 Å². The van der Waals surface area contributed by atoms with Crippen molar-refractivity contribution in [3.8, 4) is 17.2 Å². The second kappa shape index (κ2) is 12.4. The summed E-state index contributed by atoms with van der Waals surface area (Å²) in [6.07, 6.45) is 0.602. The average molecular weight is 498 g/mol. The quantitative estimate of drug-likeness (QED) is 0.196. The lowest BCUT2D eigenvalue weighted by atomic mass is 9.94. The first kappa shape index (κ1) is 27.1. The fourth-order valence-corrected chi connectivity index (χ4v) is 4.20. The Morgan fingerprint density at radius 1 is 1.03 bits per heavy atom. The smallest absolute Gasteiger partial charge is 0.295 e. The molecule has 1 saturated heterocycles. The lowest BCUT2D eigenvalue weighted by Crippen LogP contribution is -2.31. The van der Waals surface area contributed by atoms with Crippen LogP contribution < -0.4 is 14.2 Å². The number of carbonyl (C=O) groups excluding carboxylic acids is 2. The summed E-state index contributed by atoms with van der Waals surface area (Å²) in [5.74, 6) is -0.195. The molecule has 1 fully saturated rings. The van der Waals surface area contributed by atoms with Gasteiger partial charge in [0, 0.05) is 19.2 Å². The maximum atomic E-state index is 13.3. The number of ketones is 1. The minimum absolute atomic E-state index is 0.00291. The van der Waals surface area contributed by atoms with Crippen LogP contribution in [0.5, 0.6) is 17.2 Å². The molecule has 0 saturated carbocycles. The highest BCUT2D eigenvalue weighted by molar-refractivity contribution is 6.46. The number of methoxy groups -OCH3 is 1. The topological polar surface area (TPSA) is 94.5 Å². The van der Waals surface area contributed by atoms with Gasteiger partial charge in [-0.1, -0.05) is 12.1 Å². The highest BCUT2D eigenvalue weighted by atomic mass is 16.5. The molecule has 3 rings (SSSR count). The highest BCUT2D eigenvalue weighted by Crippen LogP contribution is 2.42. The number of hydrogen-bond donors (Lipinski definition) is 1. The van der Waals surface area contributed by atoms with Gasteiger partial charge in [-0.25, -0.2) is 0 Å². The predicted octanol–water partition coefficient (Wildman–Crippen LogP) is 4.73. The molecule has 0 aromatic heterocycles. The third kappa shape index (κ3) is 5.99. The molecule has 8 heteroatoms. The van der Waals surface area contributed by atoms with Gasteiger partial charge >= 0.3 is 0 Å². The Morgan fingerprint density at radius 3 is 2.44 bits per heavy atom. The molecule has 194 valence electrons. The van der Waals surface area contributed by atoms with E-state index in [1.165, 1.54) is 4.90 Å². The van der Waals surface area contributed by atoms with E-state index in [1.54, 1.807) is 43.5 Å². The predicted molar refractivity (Wildman–Crippen MR) is 136 cm³/mol. The highest BCUT2D eigenvalue weighted by Gasteiger charge is 2.46. The minimum atomic E-state index is -0.791. The van der Waals surface area contributed by atoms with E-state index in [9.17, 15) is 14.7 Å². The SMILES string of the molecule is CCOc1ccc(/C(O)=C2/C(=O)C(=O)N(CCCOC(C)C)C2c2cccc(OC)c2)c(OCC)c1. The molecule has 1 N–H and O–H groups in total. The standard InChI is InChI=1S/C28H35NO7/c1-6-34-21-12-13-22(23(17-21)35-7-2)26(30)24-25(19-10-8-11-20(16-19)33-5)29(28(32)27(24)31)14-9-15-36-18(3)4/h8,10-13,16-18,25,30H,6-7,9,14-15H2,1-5H3/b26-24-. The molecule has 8 nitrogen and oxygen atoms in total. The van der Waals surface area contributed by atoms with Gasteiger partial charge in [0.25, 0.3) is 11.7 Å². The largest absolute Gasteiger partial charge is 0.507 e. The van der Waals surface area contributed by atoms with Crippen molar-refractivity contribution in [2.45, 2.75) is 46.3 Å². The fraction of sp³-hybridized carbons (Fsp3) is 0.429. The van der Waals surface area contributed by atoms with Gasteiger partial charge in [0.1, 0.15) is 23.0 Å². The third-order valence-electron chi connectivity index (χ3n) is 5.76. The van der Waals surface area contributed by atoms with Gasteiger partial charge < -0.3 is 29.0 Å². The van der Waals surface area contributed by atoms with Crippen LogP contribution in [0.25, 0.3) is 5.76 Å². The number of likely N-dealkylation sites (tertiary alicyclic amines) is 1. The molecule has 36 heavy (non-hydrogen) atoms. The second-order valence-corrected chi connectivity index (χ2v) is 8.57. The van der Waals surface area contributed by atoms with E-state index in [2.05, 4.69) is 0 Å². The summed E-state index contributed by atoms with van der Waals surface area (Å²) in [4.78, 5) is 28.0. The summed E-state index contributed by atoms with van der Waals surface area (Å²) >= 11 is 0. The van der Waals surface area contributed by atoms with Gasteiger partial charge in [0.15, 0.2) is 0 Å². The minimum Gasteiger partial charge on any atom is -0.507 e. The zero-order valence-corrected chi connectivity index (χ0v) is 21.6. The molecule has 0 bridgehead atoms. The first-order valence-electron chi connectivity index (χ1n) is 12.3. The maximum absolute atomic E-state index is 13.3. The normalized spacial score (nSPS) is 17.1. The lowest BCUT2D eigenvalue weighted by molar-refractivity contribution is -0.140. The number of aliphatic hydroxyl groups is 1. The summed E-state index contributed by atoms with van der Waals surface area (Å²) in [6, 6.07) is 11.4. The van der Waals surface area contributed by atoms with Crippen molar-refractivity contribution in [3.63, 3.8) is 0 Å². The van der Waals surface area contributed by atoms with E-state index in [-0.39, 0.29) is 24.0 Å². The molecule has 1 aliphatic rings. The molecule has 0 radical (unpaired) electrons. The van der Waals surface area contributed by atoms with Gasteiger partial charge in [-0.2, -0.15) is 0 Å². The zero-order chi connectivity index (χ0) is 26.2. The molecule has 1 unspecified atom stereocenters. The molecule has 1 atom stereocenters. The Labute approximate surface area is 212 Å². The number of rotatable bonds is 12. The van der Waals surface area contributed by atoms with Crippen LogP contribution in [0.15, 0.2) is 48.0 Å².